The zero-order chi connectivity index (χ0) is 23.2. The molecule has 2 heterocycles. The summed E-state index contributed by atoms with van der Waals surface area (Å²) in [6, 6.07) is 5.11. The van der Waals surface area contributed by atoms with Crippen molar-refractivity contribution < 1.29 is 26.7 Å². The summed E-state index contributed by atoms with van der Waals surface area (Å²) >= 11 is 0.806. The number of aryl methyl sites for hydroxylation is 2. The van der Waals surface area contributed by atoms with Crippen molar-refractivity contribution in [1.82, 2.24) is 24.8 Å². The van der Waals surface area contributed by atoms with Gasteiger partial charge in [0.1, 0.15) is 6.61 Å². The number of aromatic nitrogens is 5. The summed E-state index contributed by atoms with van der Waals surface area (Å²) in [7, 11) is 1.44. The molecule has 2 aromatic carbocycles. The molecule has 7 nitrogen and oxygen atoms in total. The van der Waals surface area contributed by atoms with Gasteiger partial charge in [-0.3, -0.25) is 0 Å². The third-order valence-electron chi connectivity index (χ3n) is 4.62. The van der Waals surface area contributed by atoms with Crippen molar-refractivity contribution in [2.24, 2.45) is 7.05 Å². The number of hydrogen-bond donors (Lipinski definition) is 0. The van der Waals surface area contributed by atoms with Crippen LogP contribution in [0.2, 0.25) is 0 Å². The van der Waals surface area contributed by atoms with E-state index in [4.69, 9.17) is 4.74 Å². The highest BCUT2D eigenvalue weighted by Crippen LogP contribution is 2.34. The first-order valence-electron chi connectivity index (χ1n) is 8.88. The molecule has 0 saturated heterocycles. The van der Waals surface area contributed by atoms with Crippen LogP contribution in [0.3, 0.4) is 0 Å². The van der Waals surface area contributed by atoms with Gasteiger partial charge in [0.15, 0.2) is 23.3 Å². The second kappa shape index (κ2) is 8.15. The molecular weight excluding hydrogens is 457 g/mol. The zero-order valence-electron chi connectivity index (χ0n) is 16.4. The van der Waals surface area contributed by atoms with Crippen molar-refractivity contribution in [2.45, 2.75) is 13.5 Å². The van der Waals surface area contributed by atoms with Crippen molar-refractivity contribution in [2.75, 3.05) is 0 Å². The molecule has 0 aliphatic carbocycles. The van der Waals surface area contributed by atoms with E-state index >= 15 is 0 Å². The topological polar surface area (TPSA) is 74.8 Å². The van der Waals surface area contributed by atoms with E-state index in [1.807, 2.05) is 0 Å². The Kier molecular flexibility index (Phi) is 5.50. The van der Waals surface area contributed by atoms with Crippen molar-refractivity contribution in [1.29, 1.82) is 0 Å². The van der Waals surface area contributed by atoms with E-state index in [1.165, 1.54) is 7.05 Å². The number of thiazole rings is 1. The third-order valence-corrected chi connectivity index (χ3v) is 5.38. The second-order valence-corrected chi connectivity index (χ2v) is 7.42. The van der Waals surface area contributed by atoms with Gasteiger partial charge in [-0.25, -0.2) is 31.7 Å². The van der Waals surface area contributed by atoms with Crippen LogP contribution in [0.15, 0.2) is 28.4 Å². The molecule has 0 bridgehead atoms. The molecule has 0 aliphatic heterocycles. The average Bonchev–Trinajstić information content (AvgIpc) is 3.37. The number of nitrogens with zero attached hydrogens (tertiary/aromatic N) is 5. The summed E-state index contributed by atoms with van der Waals surface area (Å²) in [5.74, 6) is -10.3. The highest BCUT2D eigenvalue weighted by molar-refractivity contribution is 7.11. The molecule has 0 aliphatic rings. The molecule has 4 aromatic rings. The Bertz CT molecular complexity index is 1370. The van der Waals surface area contributed by atoms with Crippen LogP contribution in [0.5, 0.6) is 5.19 Å². The summed E-state index contributed by atoms with van der Waals surface area (Å²) in [6.45, 7) is 1.65. The number of ether oxygens (including phenoxy) is 1. The van der Waals surface area contributed by atoms with Gasteiger partial charge in [0, 0.05) is 18.0 Å². The Morgan fingerprint density at radius 3 is 2.28 bits per heavy atom. The summed E-state index contributed by atoms with van der Waals surface area (Å²) < 4.78 is 76.0. The van der Waals surface area contributed by atoms with Gasteiger partial charge in [-0.1, -0.05) is 23.5 Å². The highest BCUT2D eigenvalue weighted by Gasteiger charge is 2.28. The standard InChI is InChI=1S/C19H12F5N5O2S/c1-8-4-3-5-11(29-19(30)28(2)26-27-29)9(8)6-31-18-25-10(7-32-18)12-13(20)15(22)17(24)16(23)14(12)21/h3-5,7H,6H2,1-2H3. The number of halogens is 5. The van der Waals surface area contributed by atoms with E-state index in [0.29, 0.717) is 11.3 Å². The van der Waals surface area contributed by atoms with Crippen LogP contribution in [-0.2, 0) is 13.7 Å². The molecule has 0 atom stereocenters. The maximum absolute atomic E-state index is 14.0. The predicted octanol–water partition coefficient (Wildman–Crippen LogP) is 3.67. The summed E-state index contributed by atoms with van der Waals surface area (Å²) in [6.07, 6.45) is 0. The van der Waals surface area contributed by atoms with Gasteiger partial charge < -0.3 is 4.74 Å². The van der Waals surface area contributed by atoms with E-state index < -0.39 is 46.0 Å². The molecule has 0 N–H and O–H groups in total. The minimum Gasteiger partial charge on any atom is -0.465 e. The molecule has 13 heteroatoms. The van der Waals surface area contributed by atoms with E-state index in [-0.39, 0.29) is 11.8 Å². The second-order valence-electron chi connectivity index (χ2n) is 6.60. The molecular formula is C19H12F5N5O2S. The Hall–Kier alpha value is -3.61. The first kappa shape index (κ1) is 21.6. The van der Waals surface area contributed by atoms with Gasteiger partial charge in [0.2, 0.25) is 5.82 Å². The minimum absolute atomic E-state index is 0.0790. The largest absolute Gasteiger partial charge is 0.465 e. The van der Waals surface area contributed by atoms with E-state index in [2.05, 4.69) is 15.4 Å². The number of rotatable bonds is 5. The molecule has 0 unspecified atom stereocenters. The minimum atomic E-state index is -2.25. The summed E-state index contributed by atoms with van der Waals surface area (Å²) in [5.41, 5.74) is -0.387. The van der Waals surface area contributed by atoms with Gasteiger partial charge in [0.25, 0.3) is 5.19 Å². The van der Waals surface area contributed by atoms with Gasteiger partial charge in [-0.15, -0.1) is 0 Å². The van der Waals surface area contributed by atoms with Crippen LogP contribution >= 0.6 is 11.3 Å². The van der Waals surface area contributed by atoms with Crippen LogP contribution in [-0.4, -0.2) is 24.8 Å². The van der Waals surface area contributed by atoms with E-state index in [9.17, 15) is 26.7 Å². The molecule has 166 valence electrons. The van der Waals surface area contributed by atoms with Crippen LogP contribution in [0.25, 0.3) is 16.9 Å². The fourth-order valence-electron chi connectivity index (χ4n) is 2.94. The number of hydrogen-bond acceptors (Lipinski definition) is 6. The predicted molar refractivity (Wildman–Crippen MR) is 103 cm³/mol. The molecule has 0 spiro atoms. The Morgan fingerprint density at radius 1 is 1.00 bits per heavy atom. The molecule has 0 amide bonds. The monoisotopic (exact) mass is 469 g/mol. The van der Waals surface area contributed by atoms with Crippen molar-refractivity contribution in [3.8, 4) is 22.1 Å². The van der Waals surface area contributed by atoms with Crippen LogP contribution in [0.4, 0.5) is 22.0 Å². The van der Waals surface area contributed by atoms with Crippen LogP contribution in [0, 0.1) is 36.0 Å². The van der Waals surface area contributed by atoms with E-state index in [0.717, 1.165) is 31.6 Å². The number of tetrazole rings is 1. The lowest BCUT2D eigenvalue weighted by Gasteiger charge is -2.11. The lowest BCUT2D eigenvalue weighted by molar-refractivity contribution is 0.303. The number of benzene rings is 2. The zero-order valence-corrected chi connectivity index (χ0v) is 17.2. The molecule has 0 saturated carbocycles. The molecule has 0 radical (unpaired) electrons. The first-order valence-corrected chi connectivity index (χ1v) is 9.76. The molecule has 2 aromatic heterocycles. The summed E-state index contributed by atoms with van der Waals surface area (Å²) in [5, 5.41) is 8.49. The first-order chi connectivity index (χ1) is 15.2. The van der Waals surface area contributed by atoms with E-state index in [1.54, 1.807) is 25.1 Å². The van der Waals surface area contributed by atoms with Crippen LogP contribution < -0.4 is 10.4 Å². The van der Waals surface area contributed by atoms with Gasteiger partial charge >= 0.3 is 5.69 Å². The summed E-state index contributed by atoms with van der Waals surface area (Å²) in [4.78, 5) is 16.0. The molecule has 32 heavy (non-hydrogen) atoms. The van der Waals surface area contributed by atoms with Crippen molar-refractivity contribution in [3.63, 3.8) is 0 Å². The van der Waals surface area contributed by atoms with Gasteiger partial charge in [-0.05, 0) is 29.0 Å². The average molecular weight is 469 g/mol. The fourth-order valence-corrected chi connectivity index (χ4v) is 3.60. The molecule has 4 rings (SSSR count). The van der Waals surface area contributed by atoms with Gasteiger partial charge in [-0.2, -0.15) is 9.36 Å². The smallest absolute Gasteiger partial charge is 0.368 e. The van der Waals surface area contributed by atoms with Gasteiger partial charge in [0.05, 0.1) is 16.9 Å². The Labute approximate surface area is 180 Å². The van der Waals surface area contributed by atoms with Crippen molar-refractivity contribution >= 4 is 11.3 Å². The maximum Gasteiger partial charge on any atom is 0.368 e. The normalized spacial score (nSPS) is 11.2. The lowest BCUT2D eigenvalue weighted by atomic mass is 10.1. The fraction of sp³-hybridized carbons (Fsp3) is 0.158. The SMILES string of the molecule is Cc1cccc(-n2nnn(C)c2=O)c1COc1nc(-c2c(F)c(F)c(F)c(F)c2F)cs1. The van der Waals surface area contributed by atoms with Crippen molar-refractivity contribution in [3.05, 3.63) is 74.3 Å². The molecule has 0 fully saturated rings. The maximum atomic E-state index is 14.0. The Balaban J connectivity index is 1.65. The highest BCUT2D eigenvalue weighted by atomic mass is 32.1. The van der Waals surface area contributed by atoms with Crippen LogP contribution in [0.1, 0.15) is 11.1 Å². The Morgan fingerprint density at radius 2 is 1.66 bits per heavy atom. The quantitative estimate of drug-likeness (QED) is 0.253. The lowest BCUT2D eigenvalue weighted by Crippen LogP contribution is -2.23. The third kappa shape index (κ3) is 3.53.